The summed E-state index contributed by atoms with van der Waals surface area (Å²) >= 11 is 0. The van der Waals surface area contributed by atoms with Crippen LogP contribution >= 0.6 is 0 Å². The van der Waals surface area contributed by atoms with Gasteiger partial charge in [0.05, 0.1) is 11.7 Å². The summed E-state index contributed by atoms with van der Waals surface area (Å²) in [7, 11) is 0. The molecule has 0 atom stereocenters. The zero-order chi connectivity index (χ0) is 10.8. The number of aromatic amines is 1. The van der Waals surface area contributed by atoms with Crippen molar-refractivity contribution < 1.29 is 9.53 Å². The van der Waals surface area contributed by atoms with E-state index >= 15 is 0 Å². The minimum atomic E-state index is -0.338. The monoisotopic (exact) mass is 205 g/mol. The number of benzene rings is 1. The molecule has 0 saturated heterocycles. The third kappa shape index (κ3) is 1.96. The van der Waals surface area contributed by atoms with Crippen molar-refractivity contribution in [1.29, 1.82) is 0 Å². The van der Waals surface area contributed by atoms with Crippen LogP contribution < -0.4 is 0 Å². The maximum absolute atomic E-state index is 11.5. The number of rotatable bonds is 2. The molecule has 5 heteroatoms. The highest BCUT2D eigenvalue weighted by molar-refractivity contribution is 5.93. The number of H-pyrrole nitrogens is 1. The van der Waals surface area contributed by atoms with Gasteiger partial charge in [-0.3, -0.25) is 0 Å². The summed E-state index contributed by atoms with van der Waals surface area (Å²) in [4.78, 5) is 11.5. The van der Waals surface area contributed by atoms with Gasteiger partial charge in [-0.15, -0.1) is 0 Å². The lowest BCUT2D eigenvalue weighted by Gasteiger charge is -2.07. The van der Waals surface area contributed by atoms with Gasteiger partial charge in [-0.25, -0.2) is 4.79 Å². The van der Waals surface area contributed by atoms with Crippen LogP contribution in [-0.4, -0.2) is 27.5 Å². The lowest BCUT2D eigenvalue weighted by Crippen LogP contribution is -2.11. The number of carbonyl (C=O) groups is 1. The van der Waals surface area contributed by atoms with Gasteiger partial charge in [0.15, 0.2) is 0 Å². The van der Waals surface area contributed by atoms with Crippen molar-refractivity contribution in [3.8, 4) is 0 Å². The Balaban J connectivity index is 2.31. The Labute approximate surface area is 86.4 Å². The lowest BCUT2D eigenvalue weighted by molar-refractivity contribution is 0.0378. The van der Waals surface area contributed by atoms with Crippen LogP contribution in [0.1, 0.15) is 24.2 Å². The molecule has 0 fully saturated rings. The second-order valence-electron chi connectivity index (χ2n) is 3.48. The summed E-state index contributed by atoms with van der Waals surface area (Å²) in [6.45, 7) is 3.62. The van der Waals surface area contributed by atoms with Gasteiger partial charge in [0.25, 0.3) is 0 Å². The van der Waals surface area contributed by atoms with Crippen LogP contribution in [0.4, 0.5) is 0 Å². The predicted molar refractivity (Wildman–Crippen MR) is 54.4 cm³/mol. The minimum Gasteiger partial charge on any atom is -0.459 e. The molecular weight excluding hydrogens is 194 g/mol. The molecule has 0 radical (unpaired) electrons. The second kappa shape index (κ2) is 3.68. The molecule has 15 heavy (non-hydrogen) atoms. The van der Waals surface area contributed by atoms with Crippen molar-refractivity contribution in [3.63, 3.8) is 0 Å². The van der Waals surface area contributed by atoms with Gasteiger partial charge >= 0.3 is 5.97 Å². The van der Waals surface area contributed by atoms with Crippen LogP contribution in [0.15, 0.2) is 18.2 Å². The molecule has 0 bridgehead atoms. The van der Waals surface area contributed by atoms with Gasteiger partial charge in [0.2, 0.25) is 0 Å². The number of hydrogen-bond donors (Lipinski definition) is 1. The first-order chi connectivity index (χ1) is 7.16. The number of ether oxygens (including phenoxy) is 1. The fraction of sp³-hybridized carbons (Fsp3) is 0.300. The molecule has 0 aliphatic carbocycles. The molecule has 0 amide bonds. The van der Waals surface area contributed by atoms with Crippen molar-refractivity contribution in [2.45, 2.75) is 20.0 Å². The van der Waals surface area contributed by atoms with E-state index in [0.717, 1.165) is 5.52 Å². The number of aromatic nitrogens is 3. The van der Waals surface area contributed by atoms with Crippen molar-refractivity contribution >= 4 is 17.0 Å². The van der Waals surface area contributed by atoms with Gasteiger partial charge in [0.1, 0.15) is 11.0 Å². The normalized spacial score (nSPS) is 10.9. The Morgan fingerprint density at radius 2 is 2.07 bits per heavy atom. The molecule has 78 valence electrons. The van der Waals surface area contributed by atoms with Crippen LogP contribution in [0.3, 0.4) is 0 Å². The quantitative estimate of drug-likeness (QED) is 0.755. The average molecular weight is 205 g/mol. The summed E-state index contributed by atoms with van der Waals surface area (Å²) in [6, 6.07) is 5.06. The standard InChI is InChI=1S/C10H11N3O2/c1-6(2)15-10(14)7-3-4-8-9(5-7)12-13-11-8/h3-6H,1-2H3,(H,11,12,13). The number of nitrogens with one attached hydrogen (secondary N) is 1. The Kier molecular flexibility index (Phi) is 2.37. The van der Waals surface area contributed by atoms with Crippen LogP contribution in [0.2, 0.25) is 0 Å². The zero-order valence-electron chi connectivity index (χ0n) is 8.52. The molecule has 1 N–H and O–H groups in total. The maximum Gasteiger partial charge on any atom is 0.338 e. The van der Waals surface area contributed by atoms with E-state index in [1.54, 1.807) is 18.2 Å². The van der Waals surface area contributed by atoms with Gasteiger partial charge in [-0.2, -0.15) is 15.4 Å². The first-order valence-electron chi connectivity index (χ1n) is 4.68. The zero-order valence-corrected chi connectivity index (χ0v) is 8.52. The van der Waals surface area contributed by atoms with E-state index in [1.165, 1.54) is 0 Å². The SMILES string of the molecule is CC(C)OC(=O)c1ccc2n[nH]nc2c1. The van der Waals surface area contributed by atoms with Crippen LogP contribution in [0.25, 0.3) is 11.0 Å². The Hall–Kier alpha value is -1.91. The highest BCUT2D eigenvalue weighted by Crippen LogP contribution is 2.12. The molecule has 0 aliphatic heterocycles. The summed E-state index contributed by atoms with van der Waals surface area (Å²) in [5.74, 6) is -0.338. The molecule has 1 heterocycles. The van der Waals surface area contributed by atoms with E-state index < -0.39 is 0 Å². The third-order valence-corrected chi connectivity index (χ3v) is 1.89. The van der Waals surface area contributed by atoms with Crippen LogP contribution in [-0.2, 0) is 4.74 Å². The van der Waals surface area contributed by atoms with Gasteiger partial charge < -0.3 is 4.74 Å². The van der Waals surface area contributed by atoms with E-state index in [0.29, 0.717) is 11.1 Å². The van der Waals surface area contributed by atoms with Crippen LogP contribution in [0, 0.1) is 0 Å². The fourth-order valence-electron chi connectivity index (χ4n) is 1.25. The summed E-state index contributed by atoms with van der Waals surface area (Å²) in [5, 5.41) is 10.3. The molecule has 2 aromatic rings. The van der Waals surface area contributed by atoms with Crippen molar-refractivity contribution in [3.05, 3.63) is 23.8 Å². The van der Waals surface area contributed by atoms with E-state index in [1.807, 2.05) is 13.8 Å². The van der Waals surface area contributed by atoms with E-state index in [9.17, 15) is 4.79 Å². The number of fused-ring (bicyclic) bond motifs is 1. The molecule has 5 nitrogen and oxygen atoms in total. The van der Waals surface area contributed by atoms with Crippen LogP contribution in [0.5, 0.6) is 0 Å². The molecule has 0 unspecified atom stereocenters. The van der Waals surface area contributed by atoms with E-state index in [-0.39, 0.29) is 12.1 Å². The molecule has 0 aliphatic rings. The second-order valence-corrected chi connectivity index (χ2v) is 3.48. The minimum absolute atomic E-state index is 0.120. The molecule has 0 spiro atoms. The van der Waals surface area contributed by atoms with Gasteiger partial charge in [-0.1, -0.05) is 0 Å². The van der Waals surface area contributed by atoms with Crippen molar-refractivity contribution in [2.75, 3.05) is 0 Å². The first-order valence-corrected chi connectivity index (χ1v) is 4.68. The van der Waals surface area contributed by atoms with Crippen molar-refractivity contribution in [2.24, 2.45) is 0 Å². The maximum atomic E-state index is 11.5. The highest BCUT2D eigenvalue weighted by Gasteiger charge is 2.10. The lowest BCUT2D eigenvalue weighted by atomic mass is 10.2. The number of carbonyl (C=O) groups excluding carboxylic acids is 1. The van der Waals surface area contributed by atoms with Gasteiger partial charge in [-0.05, 0) is 32.0 Å². The first kappa shape index (κ1) is 9.64. The van der Waals surface area contributed by atoms with E-state index in [2.05, 4.69) is 15.4 Å². The summed E-state index contributed by atoms with van der Waals surface area (Å²) < 4.78 is 5.06. The van der Waals surface area contributed by atoms with Crippen molar-refractivity contribution in [1.82, 2.24) is 15.4 Å². The summed E-state index contributed by atoms with van der Waals surface area (Å²) in [6.07, 6.45) is -0.120. The molecule has 1 aromatic heterocycles. The largest absolute Gasteiger partial charge is 0.459 e. The average Bonchev–Trinajstić information content (AvgIpc) is 2.62. The smallest absolute Gasteiger partial charge is 0.338 e. The number of esters is 1. The third-order valence-electron chi connectivity index (χ3n) is 1.89. The molecular formula is C10H11N3O2. The predicted octanol–water partition coefficient (Wildman–Crippen LogP) is 1.52. The van der Waals surface area contributed by atoms with E-state index in [4.69, 9.17) is 4.74 Å². The van der Waals surface area contributed by atoms with Gasteiger partial charge in [0, 0.05) is 0 Å². The number of hydrogen-bond acceptors (Lipinski definition) is 4. The summed E-state index contributed by atoms with van der Waals surface area (Å²) in [5.41, 5.74) is 1.88. The molecule has 1 aromatic carbocycles. The fourth-order valence-corrected chi connectivity index (χ4v) is 1.25. The Morgan fingerprint density at radius 1 is 1.33 bits per heavy atom. The Morgan fingerprint density at radius 3 is 2.80 bits per heavy atom. The molecule has 2 rings (SSSR count). The highest BCUT2D eigenvalue weighted by atomic mass is 16.5. The topological polar surface area (TPSA) is 67.9 Å². The Bertz CT molecular complexity index is 490. The number of nitrogens with zero attached hydrogens (tertiary/aromatic N) is 2. The molecule has 0 saturated carbocycles.